The Balaban J connectivity index is 2.22. The second kappa shape index (κ2) is 6.50. The molecule has 0 spiro atoms. The van der Waals surface area contributed by atoms with Crippen molar-refractivity contribution >= 4 is 0 Å². The highest BCUT2D eigenvalue weighted by atomic mass is 19.1. The van der Waals surface area contributed by atoms with E-state index in [1.165, 1.54) is 0 Å². The first-order chi connectivity index (χ1) is 6.86. The summed E-state index contributed by atoms with van der Waals surface area (Å²) < 4.78 is 18.4. The number of aromatic nitrogens is 2. The highest BCUT2D eigenvalue weighted by Gasteiger charge is 1.97. The molecular formula is C9H16FN3O. The predicted octanol–water partition coefficient (Wildman–Crippen LogP) is 0.589. The lowest BCUT2D eigenvalue weighted by Crippen LogP contribution is -2.18. The van der Waals surface area contributed by atoms with Crippen molar-refractivity contribution in [2.75, 3.05) is 26.9 Å². The van der Waals surface area contributed by atoms with E-state index in [0.717, 1.165) is 18.7 Å². The first-order valence-electron chi connectivity index (χ1n) is 4.63. The van der Waals surface area contributed by atoms with Crippen LogP contribution in [0.1, 0.15) is 5.56 Å². The minimum atomic E-state index is -0.377. The van der Waals surface area contributed by atoms with Crippen molar-refractivity contribution in [3.05, 3.63) is 18.0 Å². The molecule has 1 rings (SSSR count). The maximum Gasteiger partial charge on any atom is 0.109 e. The van der Waals surface area contributed by atoms with Gasteiger partial charge in [0.05, 0.1) is 19.3 Å². The molecule has 5 heteroatoms. The molecule has 0 aliphatic carbocycles. The Labute approximate surface area is 83.1 Å². The van der Waals surface area contributed by atoms with Gasteiger partial charge in [-0.3, -0.25) is 4.68 Å². The van der Waals surface area contributed by atoms with Crippen LogP contribution in [-0.2, 0) is 17.8 Å². The number of nitrogens with one attached hydrogen (secondary N) is 1. The second-order valence-electron chi connectivity index (χ2n) is 2.97. The number of nitrogens with zero attached hydrogens (tertiary/aromatic N) is 2. The van der Waals surface area contributed by atoms with Gasteiger partial charge < -0.3 is 10.1 Å². The van der Waals surface area contributed by atoms with Crippen LogP contribution in [0, 0.1) is 0 Å². The molecule has 1 heterocycles. The van der Waals surface area contributed by atoms with Crippen LogP contribution in [0.25, 0.3) is 0 Å². The summed E-state index contributed by atoms with van der Waals surface area (Å²) in [6, 6.07) is 0. The van der Waals surface area contributed by atoms with Crippen LogP contribution >= 0.6 is 0 Å². The molecule has 0 aliphatic heterocycles. The van der Waals surface area contributed by atoms with E-state index in [1.807, 2.05) is 6.20 Å². The summed E-state index contributed by atoms with van der Waals surface area (Å²) in [6.45, 7) is 2.20. The number of alkyl halides is 1. The van der Waals surface area contributed by atoms with Crippen LogP contribution in [0.3, 0.4) is 0 Å². The first-order valence-corrected chi connectivity index (χ1v) is 4.63. The molecule has 1 aromatic heterocycles. The van der Waals surface area contributed by atoms with E-state index in [9.17, 15) is 4.39 Å². The Morgan fingerprint density at radius 3 is 3.21 bits per heavy atom. The Morgan fingerprint density at radius 1 is 1.64 bits per heavy atom. The molecule has 0 bridgehead atoms. The molecule has 14 heavy (non-hydrogen) atoms. The zero-order chi connectivity index (χ0) is 10.2. The zero-order valence-corrected chi connectivity index (χ0v) is 8.37. The lowest BCUT2D eigenvalue weighted by Gasteiger charge is -2.00. The summed E-state index contributed by atoms with van der Waals surface area (Å²) in [6.07, 6.45) is 3.59. The van der Waals surface area contributed by atoms with Gasteiger partial charge in [0.15, 0.2) is 0 Å². The fourth-order valence-electron chi connectivity index (χ4n) is 1.11. The Kier molecular flexibility index (Phi) is 5.17. The molecule has 0 atom stereocenters. The molecule has 0 aromatic carbocycles. The average molecular weight is 201 g/mol. The molecule has 1 aromatic rings. The standard InChI is InChI=1S/C9H16FN3O/c1-14-5-3-11-6-9-7-12-13(8-9)4-2-10/h7-8,11H,2-6H2,1H3. The SMILES string of the molecule is COCCNCc1cnn(CCF)c1. The first kappa shape index (κ1) is 11.1. The summed E-state index contributed by atoms with van der Waals surface area (Å²) in [7, 11) is 1.67. The molecular weight excluding hydrogens is 185 g/mol. The fraction of sp³-hybridized carbons (Fsp3) is 0.667. The third-order valence-corrected chi connectivity index (χ3v) is 1.81. The van der Waals surface area contributed by atoms with Crippen molar-refractivity contribution < 1.29 is 9.13 Å². The minimum Gasteiger partial charge on any atom is -0.383 e. The molecule has 0 saturated heterocycles. The molecule has 80 valence electrons. The Morgan fingerprint density at radius 2 is 2.50 bits per heavy atom. The number of aryl methyl sites for hydroxylation is 1. The molecule has 0 radical (unpaired) electrons. The molecule has 0 saturated carbocycles. The van der Waals surface area contributed by atoms with Gasteiger partial charge in [0.1, 0.15) is 6.67 Å². The molecule has 1 N–H and O–H groups in total. The van der Waals surface area contributed by atoms with Crippen molar-refractivity contribution in [1.29, 1.82) is 0 Å². The van der Waals surface area contributed by atoms with Gasteiger partial charge in [-0.25, -0.2) is 4.39 Å². The van der Waals surface area contributed by atoms with Crippen LogP contribution < -0.4 is 5.32 Å². The van der Waals surface area contributed by atoms with Gasteiger partial charge in [0.25, 0.3) is 0 Å². The van der Waals surface area contributed by atoms with Crippen molar-refractivity contribution in [2.45, 2.75) is 13.1 Å². The van der Waals surface area contributed by atoms with Crippen molar-refractivity contribution in [3.8, 4) is 0 Å². The second-order valence-corrected chi connectivity index (χ2v) is 2.97. The maximum absolute atomic E-state index is 11.9. The van der Waals surface area contributed by atoms with Crippen molar-refractivity contribution in [3.63, 3.8) is 0 Å². The fourth-order valence-corrected chi connectivity index (χ4v) is 1.11. The third-order valence-electron chi connectivity index (χ3n) is 1.81. The van der Waals surface area contributed by atoms with E-state index < -0.39 is 0 Å². The molecule has 4 nitrogen and oxygen atoms in total. The normalized spacial score (nSPS) is 10.7. The zero-order valence-electron chi connectivity index (χ0n) is 8.37. The monoisotopic (exact) mass is 201 g/mol. The van der Waals surface area contributed by atoms with Crippen LogP contribution in [0.2, 0.25) is 0 Å². The van der Waals surface area contributed by atoms with Gasteiger partial charge in [-0.15, -0.1) is 0 Å². The van der Waals surface area contributed by atoms with Gasteiger partial charge in [0.2, 0.25) is 0 Å². The molecule has 0 unspecified atom stereocenters. The predicted molar refractivity (Wildman–Crippen MR) is 51.8 cm³/mol. The van der Waals surface area contributed by atoms with Gasteiger partial charge in [0, 0.05) is 32.0 Å². The van der Waals surface area contributed by atoms with Crippen LogP contribution in [0.15, 0.2) is 12.4 Å². The maximum atomic E-state index is 11.9. The lowest BCUT2D eigenvalue weighted by molar-refractivity contribution is 0.199. The van der Waals surface area contributed by atoms with Gasteiger partial charge in [-0.2, -0.15) is 5.10 Å². The number of hydrogen-bond acceptors (Lipinski definition) is 3. The number of ether oxygens (including phenoxy) is 1. The summed E-state index contributed by atoms with van der Waals surface area (Å²) >= 11 is 0. The number of hydrogen-bond donors (Lipinski definition) is 1. The van der Waals surface area contributed by atoms with Crippen LogP contribution in [0.4, 0.5) is 4.39 Å². The van der Waals surface area contributed by atoms with Gasteiger partial charge in [-0.1, -0.05) is 0 Å². The van der Waals surface area contributed by atoms with Crippen molar-refractivity contribution in [2.24, 2.45) is 0 Å². The van der Waals surface area contributed by atoms with E-state index >= 15 is 0 Å². The Bertz CT molecular complexity index is 252. The van der Waals surface area contributed by atoms with Crippen LogP contribution in [-0.4, -0.2) is 36.7 Å². The van der Waals surface area contributed by atoms with Crippen LogP contribution in [0.5, 0.6) is 0 Å². The van der Waals surface area contributed by atoms with Crippen molar-refractivity contribution in [1.82, 2.24) is 15.1 Å². The van der Waals surface area contributed by atoms with E-state index in [0.29, 0.717) is 13.2 Å². The number of rotatable bonds is 7. The molecule has 0 fully saturated rings. The summed E-state index contributed by atoms with van der Waals surface area (Å²) in [5.41, 5.74) is 1.06. The highest BCUT2D eigenvalue weighted by Crippen LogP contribution is 1.96. The minimum absolute atomic E-state index is 0.331. The van der Waals surface area contributed by atoms with E-state index in [-0.39, 0.29) is 6.67 Å². The quantitative estimate of drug-likeness (QED) is 0.656. The largest absolute Gasteiger partial charge is 0.383 e. The molecule has 0 aliphatic rings. The highest BCUT2D eigenvalue weighted by molar-refractivity contribution is 5.03. The van der Waals surface area contributed by atoms with E-state index in [1.54, 1.807) is 18.0 Å². The Hall–Kier alpha value is -0.940. The summed E-state index contributed by atoms with van der Waals surface area (Å²) in [5.74, 6) is 0. The van der Waals surface area contributed by atoms with Gasteiger partial charge >= 0.3 is 0 Å². The smallest absolute Gasteiger partial charge is 0.109 e. The topological polar surface area (TPSA) is 39.1 Å². The molecule has 0 amide bonds. The number of halogens is 1. The van der Waals surface area contributed by atoms with Gasteiger partial charge in [-0.05, 0) is 0 Å². The summed E-state index contributed by atoms with van der Waals surface area (Å²) in [5, 5.41) is 7.20. The third kappa shape index (κ3) is 3.85. The lowest BCUT2D eigenvalue weighted by atomic mass is 10.3. The summed E-state index contributed by atoms with van der Waals surface area (Å²) in [4.78, 5) is 0. The number of methoxy groups -OCH3 is 1. The van der Waals surface area contributed by atoms with E-state index in [2.05, 4.69) is 10.4 Å². The van der Waals surface area contributed by atoms with E-state index in [4.69, 9.17) is 4.74 Å². The average Bonchev–Trinajstić information content (AvgIpc) is 2.61.